The Labute approximate surface area is 186 Å². The molecule has 0 aliphatic rings. The lowest BCUT2D eigenvalue weighted by atomic mass is 10.1. The van der Waals surface area contributed by atoms with E-state index < -0.39 is 20.6 Å². The monoisotopic (exact) mass is 456 g/mol. The fourth-order valence-electron chi connectivity index (χ4n) is 3.20. The maximum atomic E-state index is 12.8. The average molecular weight is 457 g/mol. The second-order valence-electron chi connectivity index (χ2n) is 7.44. The van der Waals surface area contributed by atoms with Gasteiger partial charge in [0.2, 0.25) is 0 Å². The Morgan fingerprint density at radius 3 is 2.38 bits per heavy atom. The molecule has 2 N–H and O–H groups in total. The second-order valence-corrected chi connectivity index (χ2v) is 9.12. The van der Waals surface area contributed by atoms with Gasteiger partial charge < -0.3 is 0 Å². The summed E-state index contributed by atoms with van der Waals surface area (Å²) < 4.78 is 29.8. The molecule has 0 saturated heterocycles. The number of nitrogens with one attached hydrogen (secondary N) is 2. The van der Waals surface area contributed by atoms with Crippen LogP contribution in [0, 0.1) is 37.8 Å². The van der Waals surface area contributed by atoms with Crippen LogP contribution in [0.4, 0.5) is 17.1 Å². The van der Waals surface area contributed by atoms with Gasteiger partial charge in [-0.1, -0.05) is 17.7 Å². The van der Waals surface area contributed by atoms with Gasteiger partial charge in [-0.15, -0.1) is 0 Å². The molecule has 3 rings (SSSR count). The largest absolute Gasteiger partial charge is 0.295 e. The molecule has 168 valence electrons. The standard InChI is InChI=1S/C21H24N6O4S/c1-13-6-8-19(14(2)10-13)25-32(30,31)17-7-9-20(21(11-17)27(28)29)23-22-12-18-15(3)24-26(5)16(18)4/h6-12,23,25H,1-5H3/b22-12+. The van der Waals surface area contributed by atoms with Crippen molar-refractivity contribution < 1.29 is 13.3 Å². The summed E-state index contributed by atoms with van der Waals surface area (Å²) in [5.74, 6) is 0. The number of nitro benzene ring substituents is 1. The van der Waals surface area contributed by atoms with Crippen LogP contribution >= 0.6 is 0 Å². The third kappa shape index (κ3) is 4.78. The molecule has 10 nitrogen and oxygen atoms in total. The first-order valence-corrected chi connectivity index (χ1v) is 11.2. The second kappa shape index (κ2) is 8.79. The van der Waals surface area contributed by atoms with E-state index in [1.165, 1.54) is 18.3 Å². The van der Waals surface area contributed by atoms with Crippen molar-refractivity contribution in [1.29, 1.82) is 0 Å². The first kappa shape index (κ1) is 22.9. The highest BCUT2D eigenvalue weighted by Gasteiger charge is 2.22. The molecular formula is C21H24N6O4S. The molecule has 1 aromatic heterocycles. The summed E-state index contributed by atoms with van der Waals surface area (Å²) in [5.41, 5.74) is 6.88. The zero-order valence-corrected chi connectivity index (χ0v) is 19.2. The van der Waals surface area contributed by atoms with Crippen LogP contribution < -0.4 is 10.1 Å². The van der Waals surface area contributed by atoms with E-state index in [0.29, 0.717) is 5.69 Å². The van der Waals surface area contributed by atoms with Gasteiger partial charge in [0.1, 0.15) is 5.69 Å². The zero-order valence-electron chi connectivity index (χ0n) is 18.4. The van der Waals surface area contributed by atoms with E-state index in [9.17, 15) is 18.5 Å². The molecule has 0 atom stereocenters. The van der Waals surface area contributed by atoms with Gasteiger partial charge in [0, 0.05) is 24.4 Å². The first-order valence-electron chi connectivity index (χ1n) is 9.67. The highest BCUT2D eigenvalue weighted by atomic mass is 32.2. The molecule has 0 aliphatic carbocycles. The van der Waals surface area contributed by atoms with E-state index in [0.717, 1.165) is 34.1 Å². The fourth-order valence-corrected chi connectivity index (χ4v) is 4.35. The van der Waals surface area contributed by atoms with Crippen LogP contribution in [-0.4, -0.2) is 29.3 Å². The number of anilines is 2. The Balaban J connectivity index is 1.88. The lowest BCUT2D eigenvalue weighted by Crippen LogP contribution is -2.14. The molecule has 1 heterocycles. The highest BCUT2D eigenvalue weighted by Crippen LogP contribution is 2.29. The molecular weight excluding hydrogens is 432 g/mol. The molecule has 0 amide bonds. The third-order valence-electron chi connectivity index (χ3n) is 5.05. The Kier molecular flexibility index (Phi) is 6.30. The lowest BCUT2D eigenvalue weighted by Gasteiger charge is -2.12. The number of hydrogen-bond donors (Lipinski definition) is 2. The molecule has 0 unspecified atom stereocenters. The van der Waals surface area contributed by atoms with Crippen LogP contribution in [0.5, 0.6) is 0 Å². The van der Waals surface area contributed by atoms with Crippen LogP contribution in [0.1, 0.15) is 28.1 Å². The molecule has 0 saturated carbocycles. The summed E-state index contributed by atoms with van der Waals surface area (Å²) in [4.78, 5) is 10.7. The van der Waals surface area contributed by atoms with Gasteiger partial charge in [0.25, 0.3) is 15.7 Å². The quantitative estimate of drug-likeness (QED) is 0.316. The number of aryl methyl sites for hydroxylation is 4. The maximum Gasteiger partial charge on any atom is 0.295 e. The van der Waals surface area contributed by atoms with E-state index in [2.05, 4.69) is 20.3 Å². The van der Waals surface area contributed by atoms with Crippen LogP contribution in [-0.2, 0) is 17.1 Å². The Bertz CT molecular complexity index is 1330. The predicted molar refractivity (Wildman–Crippen MR) is 124 cm³/mol. The van der Waals surface area contributed by atoms with Crippen LogP contribution in [0.2, 0.25) is 0 Å². The summed E-state index contributed by atoms with van der Waals surface area (Å²) in [6.45, 7) is 7.40. The highest BCUT2D eigenvalue weighted by molar-refractivity contribution is 7.92. The summed E-state index contributed by atoms with van der Waals surface area (Å²) in [6, 6.07) is 8.89. The number of aromatic nitrogens is 2. The van der Waals surface area contributed by atoms with Gasteiger partial charge in [0.05, 0.1) is 27.4 Å². The van der Waals surface area contributed by atoms with Gasteiger partial charge in [-0.3, -0.25) is 24.9 Å². The van der Waals surface area contributed by atoms with Gasteiger partial charge in [0.15, 0.2) is 0 Å². The molecule has 0 aliphatic heterocycles. The molecule has 32 heavy (non-hydrogen) atoms. The van der Waals surface area contributed by atoms with E-state index >= 15 is 0 Å². The van der Waals surface area contributed by atoms with Crippen molar-refractivity contribution in [2.24, 2.45) is 12.1 Å². The summed E-state index contributed by atoms with van der Waals surface area (Å²) in [6.07, 6.45) is 1.52. The van der Waals surface area contributed by atoms with E-state index in [4.69, 9.17) is 0 Å². The van der Waals surface area contributed by atoms with Crippen molar-refractivity contribution in [2.45, 2.75) is 32.6 Å². The predicted octanol–water partition coefficient (Wildman–Crippen LogP) is 3.81. The minimum Gasteiger partial charge on any atom is -0.279 e. The van der Waals surface area contributed by atoms with Crippen molar-refractivity contribution in [3.63, 3.8) is 0 Å². The van der Waals surface area contributed by atoms with Crippen LogP contribution in [0.25, 0.3) is 0 Å². The lowest BCUT2D eigenvalue weighted by molar-refractivity contribution is -0.384. The normalized spacial score (nSPS) is 11.7. The number of benzene rings is 2. The maximum absolute atomic E-state index is 12.8. The number of sulfonamides is 1. The fraction of sp³-hybridized carbons (Fsp3) is 0.238. The van der Waals surface area contributed by atoms with E-state index in [-0.39, 0.29) is 10.6 Å². The Morgan fingerprint density at radius 2 is 1.78 bits per heavy atom. The smallest absolute Gasteiger partial charge is 0.279 e. The molecule has 2 aromatic carbocycles. The summed E-state index contributed by atoms with van der Waals surface area (Å²) in [5, 5.41) is 19.9. The number of hydrogen-bond acceptors (Lipinski definition) is 7. The first-order chi connectivity index (χ1) is 15.0. The number of hydrazone groups is 1. The van der Waals surface area contributed by atoms with Crippen molar-refractivity contribution in [3.8, 4) is 0 Å². The van der Waals surface area contributed by atoms with Crippen molar-refractivity contribution in [2.75, 3.05) is 10.1 Å². The van der Waals surface area contributed by atoms with Gasteiger partial charge >= 0.3 is 0 Å². The van der Waals surface area contributed by atoms with Crippen molar-refractivity contribution in [1.82, 2.24) is 9.78 Å². The number of nitrogens with zero attached hydrogens (tertiary/aromatic N) is 4. The summed E-state index contributed by atoms with van der Waals surface area (Å²) in [7, 11) is -2.22. The molecule has 0 fully saturated rings. The van der Waals surface area contributed by atoms with Crippen molar-refractivity contribution >= 4 is 33.3 Å². The molecule has 0 spiro atoms. The Morgan fingerprint density at radius 1 is 1.09 bits per heavy atom. The van der Waals surface area contributed by atoms with E-state index in [1.807, 2.05) is 33.9 Å². The molecule has 0 radical (unpaired) electrons. The van der Waals surface area contributed by atoms with Gasteiger partial charge in [-0.2, -0.15) is 10.2 Å². The van der Waals surface area contributed by atoms with Crippen LogP contribution in [0.15, 0.2) is 46.4 Å². The van der Waals surface area contributed by atoms with E-state index in [1.54, 1.807) is 23.7 Å². The van der Waals surface area contributed by atoms with Gasteiger partial charge in [-0.25, -0.2) is 8.42 Å². The minimum atomic E-state index is -4.03. The van der Waals surface area contributed by atoms with Crippen molar-refractivity contribution in [3.05, 3.63) is 74.6 Å². The Hall–Kier alpha value is -3.73. The number of nitro groups is 1. The third-order valence-corrected chi connectivity index (χ3v) is 6.41. The van der Waals surface area contributed by atoms with Gasteiger partial charge in [-0.05, 0) is 51.5 Å². The molecule has 3 aromatic rings. The average Bonchev–Trinajstić information content (AvgIpc) is 2.96. The SMILES string of the molecule is Cc1ccc(NS(=O)(=O)c2ccc(N/N=C/c3c(C)nn(C)c3C)c([N+](=O)[O-])c2)c(C)c1. The number of rotatable bonds is 7. The molecule has 11 heteroatoms. The summed E-state index contributed by atoms with van der Waals surface area (Å²) >= 11 is 0. The zero-order chi connectivity index (χ0) is 23.6. The minimum absolute atomic E-state index is 0.0657. The molecule has 0 bridgehead atoms. The van der Waals surface area contributed by atoms with Crippen LogP contribution in [0.3, 0.4) is 0 Å². The topological polar surface area (TPSA) is 132 Å².